The molecule has 4 heteroatoms. The molecule has 0 saturated carbocycles. The van der Waals surface area contributed by atoms with E-state index in [1.165, 1.54) is 12.8 Å². The maximum absolute atomic E-state index is 8.90. The van der Waals surface area contributed by atoms with Crippen LogP contribution in [0.3, 0.4) is 0 Å². The lowest BCUT2D eigenvalue weighted by atomic mass is 10.3. The average Bonchev–Trinajstić information content (AvgIpc) is 2.67. The number of imidazole rings is 1. The smallest absolute Gasteiger partial charge is 0.0922 e. The van der Waals surface area contributed by atoms with Gasteiger partial charge in [-0.05, 0) is 13.0 Å². The molecule has 0 aliphatic heterocycles. The second-order valence-corrected chi connectivity index (χ2v) is 3.43. The summed E-state index contributed by atoms with van der Waals surface area (Å²) in [6.45, 7) is 5.01. The highest BCUT2D eigenvalue weighted by Crippen LogP contribution is 2.01. The Morgan fingerprint density at radius 3 is 2.93 bits per heavy atom. The predicted molar refractivity (Wildman–Crippen MR) is 55.9 cm³/mol. The molecule has 14 heavy (non-hydrogen) atoms. The van der Waals surface area contributed by atoms with Crippen LogP contribution in [0.15, 0.2) is 12.5 Å². The number of hydrogen-bond acceptors (Lipinski definition) is 3. The number of aliphatic hydroxyl groups is 1. The van der Waals surface area contributed by atoms with Crippen molar-refractivity contribution in [3.05, 3.63) is 18.2 Å². The van der Waals surface area contributed by atoms with E-state index in [1.807, 2.05) is 6.20 Å². The summed E-state index contributed by atoms with van der Waals surface area (Å²) in [6.07, 6.45) is 5.88. The van der Waals surface area contributed by atoms with Crippen molar-refractivity contribution >= 4 is 0 Å². The molecule has 0 fully saturated rings. The van der Waals surface area contributed by atoms with Crippen LogP contribution in [0.25, 0.3) is 0 Å². The molecule has 2 N–H and O–H groups in total. The zero-order valence-corrected chi connectivity index (χ0v) is 8.74. The first-order valence-corrected chi connectivity index (χ1v) is 5.17. The van der Waals surface area contributed by atoms with Gasteiger partial charge in [0.1, 0.15) is 0 Å². The van der Waals surface area contributed by atoms with Gasteiger partial charge in [0.15, 0.2) is 0 Å². The third-order valence-corrected chi connectivity index (χ3v) is 2.19. The zero-order valence-electron chi connectivity index (χ0n) is 8.74. The number of aromatic nitrogens is 2. The molecular formula is C10H19N3O. The summed E-state index contributed by atoms with van der Waals surface area (Å²) in [5.74, 6) is 0. The van der Waals surface area contributed by atoms with Crippen molar-refractivity contribution in [2.24, 2.45) is 0 Å². The Morgan fingerprint density at radius 2 is 2.36 bits per heavy atom. The first kappa shape index (κ1) is 11.2. The van der Waals surface area contributed by atoms with E-state index in [2.05, 4.69) is 21.8 Å². The second-order valence-electron chi connectivity index (χ2n) is 3.43. The first-order valence-electron chi connectivity index (χ1n) is 5.17. The lowest BCUT2D eigenvalue weighted by Gasteiger charge is -2.19. The van der Waals surface area contributed by atoms with Crippen LogP contribution < -0.4 is 0 Å². The van der Waals surface area contributed by atoms with E-state index in [4.69, 9.17) is 5.11 Å². The molecule has 80 valence electrons. The molecule has 0 aliphatic rings. The molecule has 1 aromatic heterocycles. The Morgan fingerprint density at radius 1 is 1.50 bits per heavy atom. The minimum Gasteiger partial charge on any atom is -0.395 e. The number of nitrogens with zero attached hydrogens (tertiary/aromatic N) is 2. The average molecular weight is 197 g/mol. The topological polar surface area (TPSA) is 52.1 Å². The van der Waals surface area contributed by atoms with Crippen molar-refractivity contribution in [1.29, 1.82) is 0 Å². The van der Waals surface area contributed by atoms with Gasteiger partial charge in [0.25, 0.3) is 0 Å². The van der Waals surface area contributed by atoms with Crippen molar-refractivity contribution in [3.8, 4) is 0 Å². The molecular weight excluding hydrogens is 178 g/mol. The minimum absolute atomic E-state index is 0.220. The fraction of sp³-hybridized carbons (Fsp3) is 0.700. The van der Waals surface area contributed by atoms with Crippen LogP contribution in [0.4, 0.5) is 0 Å². The highest BCUT2D eigenvalue weighted by atomic mass is 16.3. The number of nitrogens with one attached hydrogen (secondary N) is 1. The molecule has 0 radical (unpaired) electrons. The van der Waals surface area contributed by atoms with Crippen LogP contribution in [0.2, 0.25) is 0 Å². The van der Waals surface area contributed by atoms with Crippen molar-refractivity contribution in [1.82, 2.24) is 14.9 Å². The molecule has 0 spiro atoms. The molecule has 0 bridgehead atoms. The van der Waals surface area contributed by atoms with Crippen LogP contribution in [0.5, 0.6) is 0 Å². The number of aromatic amines is 1. The molecule has 4 nitrogen and oxygen atoms in total. The van der Waals surface area contributed by atoms with E-state index in [0.717, 1.165) is 25.3 Å². The number of hydrogen-bond donors (Lipinski definition) is 2. The summed E-state index contributed by atoms with van der Waals surface area (Å²) in [5, 5.41) is 8.90. The summed E-state index contributed by atoms with van der Waals surface area (Å²) in [4.78, 5) is 9.27. The third-order valence-electron chi connectivity index (χ3n) is 2.19. The summed E-state index contributed by atoms with van der Waals surface area (Å²) in [7, 11) is 0. The molecule has 0 aliphatic carbocycles. The molecule has 0 saturated heterocycles. The maximum Gasteiger partial charge on any atom is 0.0922 e. The van der Waals surface area contributed by atoms with Gasteiger partial charge in [-0.15, -0.1) is 0 Å². The van der Waals surface area contributed by atoms with Gasteiger partial charge in [-0.1, -0.05) is 13.3 Å². The van der Waals surface area contributed by atoms with Crippen LogP contribution in [0, 0.1) is 0 Å². The molecule has 0 unspecified atom stereocenters. The quantitative estimate of drug-likeness (QED) is 0.685. The highest BCUT2D eigenvalue weighted by Gasteiger charge is 2.05. The molecule has 1 aromatic rings. The minimum atomic E-state index is 0.220. The molecule has 0 aromatic carbocycles. The lowest BCUT2D eigenvalue weighted by molar-refractivity contribution is 0.187. The van der Waals surface area contributed by atoms with E-state index >= 15 is 0 Å². The van der Waals surface area contributed by atoms with Gasteiger partial charge in [0.2, 0.25) is 0 Å². The standard InChI is InChI=1S/C10H19N3O/c1-2-3-4-13(5-6-14)8-10-7-11-9-12-10/h7,9,14H,2-6,8H2,1H3,(H,11,12). The van der Waals surface area contributed by atoms with E-state index in [1.54, 1.807) is 6.33 Å². The Bertz CT molecular complexity index is 223. The fourth-order valence-corrected chi connectivity index (χ4v) is 1.41. The Kier molecular flexibility index (Phi) is 5.25. The van der Waals surface area contributed by atoms with Crippen LogP contribution in [-0.4, -0.2) is 39.7 Å². The molecule has 0 atom stereocenters. The van der Waals surface area contributed by atoms with Crippen molar-refractivity contribution in [3.63, 3.8) is 0 Å². The first-order chi connectivity index (χ1) is 6.86. The summed E-state index contributed by atoms with van der Waals surface area (Å²) in [5.41, 5.74) is 1.11. The van der Waals surface area contributed by atoms with Crippen molar-refractivity contribution in [2.45, 2.75) is 26.3 Å². The van der Waals surface area contributed by atoms with Crippen LogP contribution in [0.1, 0.15) is 25.5 Å². The second kappa shape index (κ2) is 6.56. The molecule has 1 heterocycles. The number of H-pyrrole nitrogens is 1. The van der Waals surface area contributed by atoms with Gasteiger partial charge >= 0.3 is 0 Å². The summed E-state index contributed by atoms with van der Waals surface area (Å²) < 4.78 is 0. The Balaban J connectivity index is 2.34. The van der Waals surface area contributed by atoms with Crippen molar-refractivity contribution < 1.29 is 5.11 Å². The highest BCUT2D eigenvalue weighted by molar-refractivity contribution is 4.93. The van der Waals surface area contributed by atoms with Gasteiger partial charge in [-0.3, -0.25) is 4.90 Å². The number of aliphatic hydroxyl groups excluding tert-OH is 1. The zero-order chi connectivity index (χ0) is 10.2. The third kappa shape index (κ3) is 3.89. The maximum atomic E-state index is 8.90. The van der Waals surface area contributed by atoms with Gasteiger partial charge in [0.05, 0.1) is 12.9 Å². The van der Waals surface area contributed by atoms with Crippen LogP contribution in [-0.2, 0) is 6.54 Å². The monoisotopic (exact) mass is 197 g/mol. The van der Waals surface area contributed by atoms with Crippen molar-refractivity contribution in [2.75, 3.05) is 19.7 Å². The van der Waals surface area contributed by atoms with Gasteiger partial charge in [0, 0.05) is 25.0 Å². The number of unbranched alkanes of at least 4 members (excludes halogenated alkanes) is 1. The Hall–Kier alpha value is -0.870. The molecule has 0 amide bonds. The van der Waals surface area contributed by atoms with Gasteiger partial charge in [-0.2, -0.15) is 0 Å². The summed E-state index contributed by atoms with van der Waals surface area (Å²) in [6, 6.07) is 0. The number of rotatable bonds is 7. The van der Waals surface area contributed by atoms with Crippen LogP contribution >= 0.6 is 0 Å². The Labute approximate surface area is 85.0 Å². The van der Waals surface area contributed by atoms with Gasteiger partial charge in [-0.25, -0.2) is 4.98 Å². The fourth-order valence-electron chi connectivity index (χ4n) is 1.41. The SMILES string of the molecule is CCCCN(CCO)Cc1cnc[nH]1. The van der Waals surface area contributed by atoms with E-state index in [0.29, 0.717) is 0 Å². The largest absolute Gasteiger partial charge is 0.395 e. The lowest BCUT2D eigenvalue weighted by Crippen LogP contribution is -2.27. The molecule has 1 rings (SSSR count). The predicted octanol–water partition coefficient (Wildman–Crippen LogP) is 1.00. The normalized spacial score (nSPS) is 11.1. The van der Waals surface area contributed by atoms with Gasteiger partial charge < -0.3 is 10.1 Å². The van der Waals surface area contributed by atoms with E-state index < -0.39 is 0 Å². The summed E-state index contributed by atoms with van der Waals surface area (Å²) >= 11 is 0. The van der Waals surface area contributed by atoms with E-state index in [9.17, 15) is 0 Å². The van der Waals surface area contributed by atoms with E-state index in [-0.39, 0.29) is 6.61 Å².